The van der Waals surface area contributed by atoms with Crippen LogP contribution in [0.25, 0.3) is 0 Å². The van der Waals surface area contributed by atoms with E-state index in [-0.39, 0.29) is 5.91 Å². The molecule has 1 aromatic carbocycles. The lowest BCUT2D eigenvalue weighted by Crippen LogP contribution is -2.25. The van der Waals surface area contributed by atoms with Gasteiger partial charge in [-0.25, -0.2) is 0 Å². The Hall–Kier alpha value is -1.22. The van der Waals surface area contributed by atoms with Gasteiger partial charge in [-0.05, 0) is 30.7 Å². The van der Waals surface area contributed by atoms with Gasteiger partial charge in [-0.3, -0.25) is 4.79 Å². The lowest BCUT2D eigenvalue weighted by atomic mass is 10.1. The number of carbonyl (C=O) groups is 1. The van der Waals surface area contributed by atoms with Crippen molar-refractivity contribution in [2.45, 2.75) is 64.7 Å². The average Bonchev–Trinajstić information content (AvgIpc) is 2.55. The summed E-state index contributed by atoms with van der Waals surface area (Å²) in [7, 11) is 0. The molecular formula is C19H30ClNO2. The summed E-state index contributed by atoms with van der Waals surface area (Å²) in [5.74, 6) is 0.798. The first-order valence-electron chi connectivity index (χ1n) is 8.87. The minimum atomic E-state index is 0.0573. The summed E-state index contributed by atoms with van der Waals surface area (Å²) in [6.45, 7) is 3.41. The first-order chi connectivity index (χ1) is 11.2. The fourth-order valence-electron chi connectivity index (χ4n) is 2.37. The molecule has 3 nitrogen and oxygen atoms in total. The van der Waals surface area contributed by atoms with Crippen LogP contribution in [0.15, 0.2) is 24.3 Å². The second kappa shape index (κ2) is 13.2. The number of rotatable bonds is 13. The highest BCUT2D eigenvalue weighted by atomic mass is 35.5. The Morgan fingerprint density at radius 2 is 1.61 bits per heavy atom. The number of ether oxygens (including phenoxy) is 1. The topological polar surface area (TPSA) is 38.3 Å². The molecule has 0 saturated heterocycles. The summed E-state index contributed by atoms with van der Waals surface area (Å²) in [5.41, 5.74) is 0. The SMILES string of the molecule is CCCCCCCCCCNC(=O)CCOc1ccc(Cl)cc1. The monoisotopic (exact) mass is 339 g/mol. The minimum Gasteiger partial charge on any atom is -0.493 e. The molecule has 0 bridgehead atoms. The van der Waals surface area contributed by atoms with Gasteiger partial charge in [-0.2, -0.15) is 0 Å². The van der Waals surface area contributed by atoms with E-state index in [9.17, 15) is 4.79 Å². The van der Waals surface area contributed by atoms with Crippen LogP contribution in [0, 0.1) is 0 Å². The van der Waals surface area contributed by atoms with Crippen LogP contribution in [0.2, 0.25) is 5.02 Å². The van der Waals surface area contributed by atoms with E-state index in [2.05, 4.69) is 12.2 Å². The maximum absolute atomic E-state index is 11.7. The van der Waals surface area contributed by atoms with Crippen molar-refractivity contribution < 1.29 is 9.53 Å². The van der Waals surface area contributed by atoms with E-state index >= 15 is 0 Å². The van der Waals surface area contributed by atoms with Gasteiger partial charge in [0.25, 0.3) is 0 Å². The van der Waals surface area contributed by atoms with Crippen LogP contribution in [0.5, 0.6) is 5.75 Å². The van der Waals surface area contributed by atoms with Crippen LogP contribution < -0.4 is 10.1 Å². The van der Waals surface area contributed by atoms with Crippen LogP contribution in [0.4, 0.5) is 0 Å². The van der Waals surface area contributed by atoms with Crippen molar-refractivity contribution in [3.8, 4) is 5.75 Å². The Balaban J connectivity index is 1.91. The van der Waals surface area contributed by atoms with E-state index in [1.165, 1.54) is 44.9 Å². The van der Waals surface area contributed by atoms with Gasteiger partial charge >= 0.3 is 0 Å². The van der Waals surface area contributed by atoms with Gasteiger partial charge in [0.2, 0.25) is 5.91 Å². The molecule has 1 rings (SSSR count). The zero-order valence-corrected chi connectivity index (χ0v) is 15.0. The highest BCUT2D eigenvalue weighted by Gasteiger charge is 2.01. The summed E-state index contributed by atoms with van der Waals surface area (Å²) < 4.78 is 5.50. The average molecular weight is 340 g/mol. The van der Waals surface area contributed by atoms with Crippen molar-refractivity contribution in [3.05, 3.63) is 29.3 Å². The zero-order chi connectivity index (χ0) is 16.8. The fraction of sp³-hybridized carbons (Fsp3) is 0.632. The van der Waals surface area contributed by atoms with Crippen molar-refractivity contribution in [1.29, 1.82) is 0 Å². The molecule has 4 heteroatoms. The molecule has 1 amide bonds. The van der Waals surface area contributed by atoms with Crippen molar-refractivity contribution in [3.63, 3.8) is 0 Å². The van der Waals surface area contributed by atoms with Crippen LogP contribution in [-0.2, 0) is 4.79 Å². The van der Waals surface area contributed by atoms with E-state index in [1.54, 1.807) is 24.3 Å². The highest BCUT2D eigenvalue weighted by molar-refractivity contribution is 6.30. The molecule has 0 spiro atoms. The third kappa shape index (κ3) is 11.0. The van der Waals surface area contributed by atoms with Crippen LogP contribution in [0.1, 0.15) is 64.7 Å². The molecule has 0 fully saturated rings. The van der Waals surface area contributed by atoms with Gasteiger partial charge in [0.05, 0.1) is 13.0 Å². The summed E-state index contributed by atoms with van der Waals surface area (Å²) in [4.78, 5) is 11.7. The van der Waals surface area contributed by atoms with Crippen molar-refractivity contribution in [2.24, 2.45) is 0 Å². The quantitative estimate of drug-likeness (QED) is 0.491. The third-order valence-electron chi connectivity index (χ3n) is 3.76. The third-order valence-corrected chi connectivity index (χ3v) is 4.02. The molecule has 0 unspecified atom stereocenters. The normalized spacial score (nSPS) is 10.5. The Morgan fingerprint density at radius 3 is 2.26 bits per heavy atom. The van der Waals surface area contributed by atoms with Gasteiger partial charge in [0.15, 0.2) is 0 Å². The highest BCUT2D eigenvalue weighted by Crippen LogP contribution is 2.15. The van der Waals surface area contributed by atoms with Crippen LogP contribution in [0.3, 0.4) is 0 Å². The number of hydrogen-bond acceptors (Lipinski definition) is 2. The summed E-state index contributed by atoms with van der Waals surface area (Å²) in [6, 6.07) is 7.17. The second-order valence-electron chi connectivity index (χ2n) is 5.88. The number of halogens is 1. The number of nitrogens with one attached hydrogen (secondary N) is 1. The predicted octanol–water partition coefficient (Wildman–Crippen LogP) is 5.37. The summed E-state index contributed by atoms with van der Waals surface area (Å²) in [6.07, 6.45) is 10.6. The Labute approximate surface area is 145 Å². The van der Waals surface area contributed by atoms with Gasteiger partial charge in [-0.15, -0.1) is 0 Å². The van der Waals surface area contributed by atoms with E-state index in [1.807, 2.05) is 0 Å². The number of amides is 1. The summed E-state index contributed by atoms with van der Waals surface area (Å²) in [5, 5.41) is 3.63. The second-order valence-corrected chi connectivity index (χ2v) is 6.31. The van der Waals surface area contributed by atoms with Crippen molar-refractivity contribution in [1.82, 2.24) is 5.32 Å². The van der Waals surface area contributed by atoms with Crippen molar-refractivity contribution >= 4 is 17.5 Å². The van der Waals surface area contributed by atoms with Gasteiger partial charge in [0, 0.05) is 11.6 Å². The maximum atomic E-state index is 11.7. The van der Waals surface area contributed by atoms with E-state index < -0.39 is 0 Å². The molecule has 0 radical (unpaired) electrons. The molecule has 0 atom stereocenters. The molecule has 0 heterocycles. The molecule has 0 saturated carbocycles. The van der Waals surface area contributed by atoms with Gasteiger partial charge in [0.1, 0.15) is 5.75 Å². The molecular weight excluding hydrogens is 310 g/mol. The first-order valence-corrected chi connectivity index (χ1v) is 9.25. The predicted molar refractivity (Wildman–Crippen MR) is 97.2 cm³/mol. The molecule has 0 aromatic heterocycles. The number of unbranched alkanes of at least 4 members (excludes halogenated alkanes) is 7. The number of hydrogen-bond donors (Lipinski definition) is 1. The van der Waals surface area contributed by atoms with Crippen LogP contribution in [-0.4, -0.2) is 19.1 Å². The van der Waals surface area contributed by atoms with Gasteiger partial charge in [-0.1, -0.05) is 63.5 Å². The Morgan fingerprint density at radius 1 is 1.00 bits per heavy atom. The number of benzene rings is 1. The minimum absolute atomic E-state index is 0.0573. The molecule has 0 aliphatic carbocycles. The van der Waals surface area contributed by atoms with Crippen molar-refractivity contribution in [2.75, 3.05) is 13.2 Å². The molecule has 1 N–H and O–H groups in total. The zero-order valence-electron chi connectivity index (χ0n) is 14.3. The summed E-state index contributed by atoms with van der Waals surface area (Å²) >= 11 is 5.80. The smallest absolute Gasteiger partial charge is 0.223 e. The Kier molecular flexibility index (Phi) is 11.4. The van der Waals surface area contributed by atoms with Gasteiger partial charge < -0.3 is 10.1 Å². The number of carbonyl (C=O) groups excluding carboxylic acids is 1. The molecule has 1 aromatic rings. The van der Waals surface area contributed by atoms with Crippen LogP contribution >= 0.6 is 11.6 Å². The molecule has 23 heavy (non-hydrogen) atoms. The molecule has 0 aliphatic heterocycles. The van der Waals surface area contributed by atoms with E-state index in [0.29, 0.717) is 18.1 Å². The Bertz CT molecular complexity index is 420. The largest absolute Gasteiger partial charge is 0.493 e. The first kappa shape index (κ1) is 19.8. The molecule has 130 valence electrons. The van der Waals surface area contributed by atoms with E-state index in [4.69, 9.17) is 16.3 Å². The lowest BCUT2D eigenvalue weighted by molar-refractivity contribution is -0.121. The standard InChI is InChI=1S/C19H30ClNO2/c1-2-3-4-5-6-7-8-9-15-21-19(22)14-16-23-18-12-10-17(20)11-13-18/h10-13H,2-9,14-16H2,1H3,(H,21,22). The molecule has 0 aliphatic rings. The fourth-order valence-corrected chi connectivity index (χ4v) is 2.49. The van der Waals surface area contributed by atoms with E-state index in [0.717, 1.165) is 18.7 Å². The maximum Gasteiger partial charge on any atom is 0.223 e. The lowest BCUT2D eigenvalue weighted by Gasteiger charge is -2.07.